The van der Waals surface area contributed by atoms with Crippen LogP contribution in [0.1, 0.15) is 96.8 Å². The highest BCUT2D eigenvalue weighted by Gasteiger charge is 2.36. The second-order valence-electron chi connectivity index (χ2n) is 8.91. The predicted octanol–water partition coefficient (Wildman–Crippen LogP) is 2.36. The first-order chi connectivity index (χ1) is 17.5. The van der Waals surface area contributed by atoms with E-state index in [1.807, 2.05) is 6.92 Å². The van der Waals surface area contributed by atoms with Crippen LogP contribution in [-0.2, 0) is 38.2 Å². The number of carbonyl (C=O) groups is 5. The van der Waals surface area contributed by atoms with Gasteiger partial charge in [-0.05, 0) is 32.1 Å². The second-order valence-corrected chi connectivity index (χ2v) is 8.91. The molecule has 12 heteroatoms. The summed E-state index contributed by atoms with van der Waals surface area (Å²) in [6.07, 6.45) is -0.796. The Bertz CT molecular complexity index is 708. The molecule has 0 saturated heterocycles. The van der Waals surface area contributed by atoms with E-state index in [0.717, 1.165) is 32.1 Å². The summed E-state index contributed by atoms with van der Waals surface area (Å²) in [7, 11) is 1.32. The number of aliphatic hydroxyl groups is 2. The Balaban J connectivity index is 5.22. The number of ether oxygens (including phenoxy) is 3. The second kappa shape index (κ2) is 20.3. The zero-order valence-electron chi connectivity index (χ0n) is 21.8. The SMILES string of the molecule is CCCCCCC(OC(=O)CC(=O)O)C(O)C(O)C(CCCCCCCC(=O)OC)OC(=O)CC(=O)O. The fraction of sp³-hybridized carbons (Fsp3) is 0.800. The quantitative estimate of drug-likeness (QED) is 0.0686. The van der Waals surface area contributed by atoms with Gasteiger partial charge in [-0.3, -0.25) is 24.0 Å². The molecular formula is C25H42O12. The summed E-state index contributed by atoms with van der Waals surface area (Å²) >= 11 is 0. The van der Waals surface area contributed by atoms with Crippen LogP contribution in [-0.4, -0.2) is 81.8 Å². The molecule has 0 aliphatic heterocycles. The highest BCUT2D eigenvalue weighted by Crippen LogP contribution is 2.21. The normalized spacial score (nSPS) is 14.2. The molecule has 4 atom stereocenters. The van der Waals surface area contributed by atoms with Gasteiger partial charge in [0.2, 0.25) is 0 Å². The molecule has 0 fully saturated rings. The summed E-state index contributed by atoms with van der Waals surface area (Å²) in [5.41, 5.74) is 0. The van der Waals surface area contributed by atoms with Crippen LogP contribution in [0.2, 0.25) is 0 Å². The van der Waals surface area contributed by atoms with E-state index in [1.54, 1.807) is 0 Å². The zero-order valence-corrected chi connectivity index (χ0v) is 21.8. The van der Waals surface area contributed by atoms with Gasteiger partial charge in [0, 0.05) is 6.42 Å². The largest absolute Gasteiger partial charge is 0.481 e. The maximum absolute atomic E-state index is 12.0. The van der Waals surface area contributed by atoms with Crippen LogP contribution in [0, 0.1) is 0 Å². The van der Waals surface area contributed by atoms with Gasteiger partial charge in [-0.25, -0.2) is 0 Å². The first kappa shape index (κ1) is 34.3. The molecule has 4 N–H and O–H groups in total. The molecular weight excluding hydrogens is 492 g/mol. The summed E-state index contributed by atoms with van der Waals surface area (Å²) in [5, 5.41) is 39.3. The van der Waals surface area contributed by atoms with Crippen molar-refractivity contribution in [1.29, 1.82) is 0 Å². The number of aliphatic carboxylic acids is 2. The van der Waals surface area contributed by atoms with Crippen molar-refractivity contribution in [2.45, 2.75) is 121 Å². The van der Waals surface area contributed by atoms with Crippen molar-refractivity contribution in [3.63, 3.8) is 0 Å². The molecule has 0 heterocycles. The number of carboxylic acid groups (broad SMARTS) is 2. The summed E-state index contributed by atoms with van der Waals surface area (Å²) in [6.45, 7) is 2.00. The first-order valence-electron chi connectivity index (χ1n) is 12.8. The molecule has 4 unspecified atom stereocenters. The van der Waals surface area contributed by atoms with Gasteiger partial charge in [0.25, 0.3) is 0 Å². The molecule has 0 aromatic carbocycles. The molecule has 0 aliphatic rings. The number of rotatable bonds is 22. The van der Waals surface area contributed by atoms with Crippen LogP contribution in [0.5, 0.6) is 0 Å². The van der Waals surface area contributed by atoms with E-state index < -0.39 is 61.1 Å². The third-order valence-corrected chi connectivity index (χ3v) is 5.71. The van der Waals surface area contributed by atoms with E-state index >= 15 is 0 Å². The Kier molecular flexibility index (Phi) is 18.8. The smallest absolute Gasteiger partial charge is 0.317 e. The average molecular weight is 535 g/mol. The Hall–Kier alpha value is -2.73. The first-order valence-corrected chi connectivity index (χ1v) is 12.8. The third kappa shape index (κ3) is 17.4. The van der Waals surface area contributed by atoms with E-state index in [-0.39, 0.29) is 18.8 Å². The van der Waals surface area contributed by atoms with Crippen molar-refractivity contribution < 1.29 is 58.6 Å². The molecule has 214 valence electrons. The number of carbonyl (C=O) groups excluding carboxylic acids is 3. The van der Waals surface area contributed by atoms with Gasteiger partial charge in [0.05, 0.1) is 7.11 Å². The summed E-state index contributed by atoms with van der Waals surface area (Å²) in [4.78, 5) is 56.8. The maximum atomic E-state index is 12.0. The summed E-state index contributed by atoms with van der Waals surface area (Å²) < 4.78 is 14.9. The van der Waals surface area contributed by atoms with Crippen LogP contribution in [0.15, 0.2) is 0 Å². The molecule has 0 spiro atoms. The fourth-order valence-electron chi connectivity index (χ4n) is 3.73. The number of unbranched alkanes of at least 4 members (excludes halogenated alkanes) is 7. The van der Waals surface area contributed by atoms with Crippen molar-refractivity contribution in [1.82, 2.24) is 0 Å². The molecule has 0 aromatic heterocycles. The molecule has 0 aromatic rings. The van der Waals surface area contributed by atoms with Gasteiger partial charge in [-0.2, -0.15) is 0 Å². The van der Waals surface area contributed by atoms with Crippen LogP contribution in [0.3, 0.4) is 0 Å². The molecule has 12 nitrogen and oxygen atoms in total. The Morgan fingerprint density at radius 1 is 0.622 bits per heavy atom. The number of aliphatic hydroxyl groups excluding tert-OH is 2. The van der Waals surface area contributed by atoms with E-state index in [9.17, 15) is 34.2 Å². The number of hydrogen-bond donors (Lipinski definition) is 4. The summed E-state index contributed by atoms with van der Waals surface area (Å²) in [5.74, 6) is -5.29. The molecule has 0 rings (SSSR count). The fourth-order valence-corrected chi connectivity index (χ4v) is 3.73. The van der Waals surface area contributed by atoms with E-state index in [0.29, 0.717) is 32.1 Å². The number of carboxylic acids is 2. The maximum Gasteiger partial charge on any atom is 0.317 e. The van der Waals surface area contributed by atoms with Crippen molar-refractivity contribution in [2.75, 3.05) is 7.11 Å². The van der Waals surface area contributed by atoms with Crippen LogP contribution < -0.4 is 0 Å². The molecule has 0 saturated carbocycles. The minimum atomic E-state index is -1.70. The van der Waals surface area contributed by atoms with Crippen molar-refractivity contribution in [3.8, 4) is 0 Å². The number of methoxy groups -OCH3 is 1. The van der Waals surface area contributed by atoms with Gasteiger partial charge >= 0.3 is 29.8 Å². The molecule has 0 radical (unpaired) electrons. The minimum absolute atomic E-state index is 0.103. The molecule has 0 amide bonds. The van der Waals surface area contributed by atoms with E-state index in [1.165, 1.54) is 7.11 Å². The minimum Gasteiger partial charge on any atom is -0.481 e. The lowest BCUT2D eigenvalue weighted by Gasteiger charge is -2.31. The average Bonchev–Trinajstić information content (AvgIpc) is 2.82. The lowest BCUT2D eigenvalue weighted by molar-refractivity contribution is -0.179. The van der Waals surface area contributed by atoms with E-state index in [2.05, 4.69) is 4.74 Å². The van der Waals surface area contributed by atoms with Crippen LogP contribution >= 0.6 is 0 Å². The third-order valence-electron chi connectivity index (χ3n) is 5.71. The molecule has 0 aliphatic carbocycles. The Morgan fingerprint density at radius 2 is 1.03 bits per heavy atom. The Morgan fingerprint density at radius 3 is 1.43 bits per heavy atom. The van der Waals surface area contributed by atoms with Gasteiger partial charge in [0.15, 0.2) is 0 Å². The van der Waals surface area contributed by atoms with Gasteiger partial charge in [-0.15, -0.1) is 0 Å². The zero-order chi connectivity index (χ0) is 28.2. The standard InChI is InChI=1S/C25H42O12/c1-3-4-5-9-12-17(36-22(31)15-19(26)27)24(33)25(34)18(37-23(32)16-20(28)29)13-10-7-6-8-11-14-21(30)35-2/h17-18,24-25,33-34H,3-16H2,1-2H3,(H,26,27)(H,28,29). The lowest BCUT2D eigenvalue weighted by Crippen LogP contribution is -2.47. The van der Waals surface area contributed by atoms with Crippen molar-refractivity contribution in [2.24, 2.45) is 0 Å². The van der Waals surface area contributed by atoms with Crippen LogP contribution in [0.4, 0.5) is 0 Å². The van der Waals surface area contributed by atoms with Crippen molar-refractivity contribution >= 4 is 29.8 Å². The predicted molar refractivity (Wildman–Crippen MR) is 129 cm³/mol. The Labute approximate surface area is 217 Å². The van der Waals surface area contributed by atoms with Gasteiger partial charge in [-0.1, -0.05) is 45.4 Å². The summed E-state index contributed by atoms with van der Waals surface area (Å²) in [6, 6.07) is 0. The highest BCUT2D eigenvalue weighted by molar-refractivity contribution is 5.90. The highest BCUT2D eigenvalue weighted by atomic mass is 16.6. The number of esters is 3. The van der Waals surface area contributed by atoms with Crippen molar-refractivity contribution in [3.05, 3.63) is 0 Å². The van der Waals surface area contributed by atoms with Gasteiger partial charge in [0.1, 0.15) is 37.3 Å². The number of hydrogen-bond acceptors (Lipinski definition) is 10. The molecule has 0 bridgehead atoms. The van der Waals surface area contributed by atoms with Crippen LogP contribution in [0.25, 0.3) is 0 Å². The molecule has 37 heavy (non-hydrogen) atoms. The van der Waals surface area contributed by atoms with E-state index in [4.69, 9.17) is 19.7 Å². The monoisotopic (exact) mass is 534 g/mol. The lowest BCUT2D eigenvalue weighted by atomic mass is 9.95. The topological polar surface area (TPSA) is 194 Å². The van der Waals surface area contributed by atoms with Gasteiger partial charge < -0.3 is 34.6 Å².